The fraction of sp³-hybridized carbons (Fsp3) is 0.115. The number of hydrogen-bond donors (Lipinski definition) is 1. The predicted octanol–water partition coefficient (Wildman–Crippen LogP) is 5.41. The molecule has 0 atom stereocenters. The summed E-state index contributed by atoms with van der Waals surface area (Å²) in [7, 11) is 0. The van der Waals surface area contributed by atoms with Crippen LogP contribution in [-0.2, 0) is 22.8 Å². The van der Waals surface area contributed by atoms with Crippen LogP contribution in [0.3, 0.4) is 0 Å². The Morgan fingerprint density at radius 2 is 1.67 bits per heavy atom. The number of hydrogen-bond acceptors (Lipinski definition) is 6. The number of thioether (sulfide) groups is 1. The summed E-state index contributed by atoms with van der Waals surface area (Å²) in [6.07, 6.45) is 1.59. The number of halogens is 2. The molecule has 1 fully saturated rings. The number of benzene rings is 3. The molecule has 0 saturated carbocycles. The van der Waals surface area contributed by atoms with E-state index in [0.29, 0.717) is 22.6 Å². The van der Waals surface area contributed by atoms with Gasteiger partial charge in [-0.25, -0.2) is 8.78 Å². The molecule has 0 aromatic heterocycles. The van der Waals surface area contributed by atoms with Crippen LogP contribution in [0, 0.1) is 11.6 Å². The van der Waals surface area contributed by atoms with Crippen molar-refractivity contribution in [2.24, 2.45) is 0 Å². The molecule has 0 bridgehead atoms. The van der Waals surface area contributed by atoms with Crippen molar-refractivity contribution in [1.29, 1.82) is 0 Å². The summed E-state index contributed by atoms with van der Waals surface area (Å²) < 4.78 is 38.8. The van der Waals surface area contributed by atoms with Crippen molar-refractivity contribution in [2.75, 3.05) is 6.54 Å². The fourth-order valence-electron chi connectivity index (χ4n) is 3.30. The minimum absolute atomic E-state index is 0.0217. The molecule has 1 saturated heterocycles. The summed E-state index contributed by atoms with van der Waals surface area (Å²) >= 11 is 6.15. The van der Waals surface area contributed by atoms with E-state index in [4.69, 9.17) is 26.8 Å². The van der Waals surface area contributed by atoms with Gasteiger partial charge in [-0.05, 0) is 47.0 Å². The van der Waals surface area contributed by atoms with Crippen LogP contribution in [0.15, 0.2) is 71.6 Å². The summed E-state index contributed by atoms with van der Waals surface area (Å²) in [5.74, 6) is -2.82. The van der Waals surface area contributed by atoms with Gasteiger partial charge < -0.3 is 14.6 Å². The first-order valence-electron chi connectivity index (χ1n) is 10.6. The number of carbonyl (C=O) groups is 2. The van der Waals surface area contributed by atoms with Crippen molar-refractivity contribution < 1.29 is 33.0 Å². The average Bonchev–Trinajstić information content (AvgIpc) is 3.11. The number of amides is 1. The van der Waals surface area contributed by atoms with Gasteiger partial charge in [-0.15, -0.1) is 0 Å². The van der Waals surface area contributed by atoms with Gasteiger partial charge in [0, 0.05) is 0 Å². The molecule has 0 spiro atoms. The molecule has 1 heterocycles. The van der Waals surface area contributed by atoms with Crippen LogP contribution in [-0.4, -0.2) is 32.7 Å². The third-order valence-corrected chi connectivity index (χ3v) is 6.43. The van der Waals surface area contributed by atoms with Crippen molar-refractivity contribution >= 4 is 46.3 Å². The first-order valence-corrected chi connectivity index (χ1v) is 11.9. The number of carboxylic acid groups (broad SMARTS) is 1. The Balaban J connectivity index is 1.58. The lowest BCUT2D eigenvalue weighted by molar-refractivity contribution is -0.140. The van der Waals surface area contributed by atoms with Gasteiger partial charge >= 0.3 is 5.97 Å². The number of aliphatic carboxylic acids is 1. The molecule has 0 aliphatic carbocycles. The van der Waals surface area contributed by atoms with Gasteiger partial charge in [0.2, 0.25) is 0 Å². The second kappa shape index (κ2) is 11.3. The number of rotatable bonds is 9. The zero-order valence-electron chi connectivity index (χ0n) is 18.6. The SMILES string of the molecule is O=C(O)CN1C(=O)/C(=C/c2ccc(OCc3ccc(F)c(F)c3)c(OCc3ccccc3)c2)SC1=S. The third kappa shape index (κ3) is 6.27. The summed E-state index contributed by atoms with van der Waals surface area (Å²) in [4.78, 5) is 24.9. The second-order valence-corrected chi connectivity index (χ2v) is 9.35. The standard InChI is InChI=1S/C26H19F2NO5S2/c27-19-8-6-18(10-20(19)28)15-33-21-9-7-17(11-22(21)34-14-16-4-2-1-3-5-16)12-23-25(32)29(13-24(30)31)26(35)36-23/h1-12H,13-15H2,(H,30,31)/b23-12-. The Hall–Kier alpha value is -3.76. The van der Waals surface area contributed by atoms with E-state index in [2.05, 4.69) is 0 Å². The molecule has 6 nitrogen and oxygen atoms in total. The molecule has 1 aliphatic rings. The number of carbonyl (C=O) groups excluding carboxylic acids is 1. The van der Waals surface area contributed by atoms with E-state index in [0.717, 1.165) is 34.4 Å². The normalized spacial score (nSPS) is 14.4. The van der Waals surface area contributed by atoms with Crippen LogP contribution in [0.5, 0.6) is 11.5 Å². The summed E-state index contributed by atoms with van der Waals surface area (Å²) in [5, 5.41) is 9.01. The van der Waals surface area contributed by atoms with Crippen molar-refractivity contribution in [2.45, 2.75) is 13.2 Å². The summed E-state index contributed by atoms with van der Waals surface area (Å²) in [6.45, 7) is -0.289. The van der Waals surface area contributed by atoms with E-state index < -0.39 is 30.1 Å². The van der Waals surface area contributed by atoms with E-state index in [-0.39, 0.29) is 22.4 Å². The molecule has 36 heavy (non-hydrogen) atoms. The molecule has 184 valence electrons. The van der Waals surface area contributed by atoms with Crippen LogP contribution in [0.2, 0.25) is 0 Å². The molecule has 1 N–H and O–H groups in total. The fourth-order valence-corrected chi connectivity index (χ4v) is 4.55. The lowest BCUT2D eigenvalue weighted by Gasteiger charge is -2.14. The first kappa shape index (κ1) is 25.3. The number of nitrogens with zero attached hydrogens (tertiary/aromatic N) is 1. The van der Waals surface area contributed by atoms with Gasteiger partial charge in [0.1, 0.15) is 24.1 Å². The number of thiocarbonyl (C=S) groups is 1. The summed E-state index contributed by atoms with van der Waals surface area (Å²) in [6, 6.07) is 18.0. The zero-order chi connectivity index (χ0) is 25.7. The molecule has 3 aromatic rings. The Bertz CT molecular complexity index is 1350. The number of ether oxygens (including phenoxy) is 2. The van der Waals surface area contributed by atoms with E-state index in [1.54, 1.807) is 24.3 Å². The highest BCUT2D eigenvalue weighted by atomic mass is 32.2. The Morgan fingerprint density at radius 1 is 0.944 bits per heavy atom. The zero-order valence-corrected chi connectivity index (χ0v) is 20.3. The quantitative estimate of drug-likeness (QED) is 0.295. The van der Waals surface area contributed by atoms with Crippen LogP contribution < -0.4 is 9.47 Å². The molecule has 1 amide bonds. The maximum atomic E-state index is 13.6. The minimum atomic E-state index is -1.16. The van der Waals surface area contributed by atoms with Crippen molar-refractivity contribution in [1.82, 2.24) is 4.90 Å². The highest BCUT2D eigenvalue weighted by Gasteiger charge is 2.33. The Kier molecular flexibility index (Phi) is 7.97. The van der Waals surface area contributed by atoms with Crippen molar-refractivity contribution in [3.63, 3.8) is 0 Å². The van der Waals surface area contributed by atoms with Gasteiger partial charge in [0.05, 0.1) is 4.91 Å². The molecule has 3 aromatic carbocycles. The van der Waals surface area contributed by atoms with Gasteiger partial charge in [-0.2, -0.15) is 0 Å². The molecular formula is C26H19F2NO5S2. The molecule has 10 heteroatoms. The van der Waals surface area contributed by atoms with E-state index >= 15 is 0 Å². The Labute approximate surface area is 215 Å². The predicted molar refractivity (Wildman–Crippen MR) is 135 cm³/mol. The van der Waals surface area contributed by atoms with Crippen molar-refractivity contribution in [3.05, 3.63) is 100.0 Å². The van der Waals surface area contributed by atoms with Crippen LogP contribution in [0.1, 0.15) is 16.7 Å². The number of carboxylic acids is 1. The molecule has 0 unspecified atom stereocenters. The van der Waals surface area contributed by atoms with E-state index in [9.17, 15) is 18.4 Å². The van der Waals surface area contributed by atoms with Crippen molar-refractivity contribution in [3.8, 4) is 11.5 Å². The minimum Gasteiger partial charge on any atom is -0.485 e. The summed E-state index contributed by atoms with van der Waals surface area (Å²) in [5.41, 5.74) is 1.96. The molecular weight excluding hydrogens is 508 g/mol. The molecule has 4 rings (SSSR count). The third-order valence-electron chi connectivity index (χ3n) is 5.05. The largest absolute Gasteiger partial charge is 0.485 e. The molecule has 0 radical (unpaired) electrons. The van der Waals surface area contributed by atoms with Crippen LogP contribution in [0.25, 0.3) is 6.08 Å². The van der Waals surface area contributed by atoms with E-state index in [1.807, 2.05) is 30.3 Å². The highest BCUT2D eigenvalue weighted by molar-refractivity contribution is 8.26. The monoisotopic (exact) mass is 527 g/mol. The lowest BCUT2D eigenvalue weighted by Crippen LogP contribution is -2.33. The molecule has 1 aliphatic heterocycles. The van der Waals surface area contributed by atoms with Gasteiger partial charge in [0.25, 0.3) is 5.91 Å². The first-order chi connectivity index (χ1) is 17.3. The maximum Gasteiger partial charge on any atom is 0.323 e. The topological polar surface area (TPSA) is 76.1 Å². The van der Waals surface area contributed by atoms with Gasteiger partial charge in [-0.1, -0.05) is 66.4 Å². The van der Waals surface area contributed by atoms with Gasteiger partial charge in [0.15, 0.2) is 23.1 Å². The maximum absolute atomic E-state index is 13.6. The second-order valence-electron chi connectivity index (χ2n) is 7.68. The lowest BCUT2D eigenvalue weighted by atomic mass is 10.1. The average molecular weight is 528 g/mol. The highest BCUT2D eigenvalue weighted by Crippen LogP contribution is 2.35. The van der Waals surface area contributed by atoms with Crippen LogP contribution >= 0.6 is 24.0 Å². The Morgan fingerprint density at radius 3 is 2.39 bits per heavy atom. The van der Waals surface area contributed by atoms with E-state index in [1.165, 1.54) is 6.07 Å². The van der Waals surface area contributed by atoms with Crippen LogP contribution in [0.4, 0.5) is 8.78 Å². The van der Waals surface area contributed by atoms with Gasteiger partial charge in [-0.3, -0.25) is 14.5 Å². The smallest absolute Gasteiger partial charge is 0.323 e.